The molecule has 0 N–H and O–H groups in total. The van der Waals surface area contributed by atoms with Crippen LogP contribution < -0.4 is 11.2 Å². The van der Waals surface area contributed by atoms with Crippen molar-refractivity contribution in [1.82, 2.24) is 13.7 Å². The summed E-state index contributed by atoms with van der Waals surface area (Å²) in [6.45, 7) is 0. The van der Waals surface area contributed by atoms with E-state index in [9.17, 15) is 9.59 Å². The molecule has 124 valence electrons. The molecule has 4 aromatic rings. The van der Waals surface area contributed by atoms with Gasteiger partial charge in [-0.2, -0.15) is 0 Å². The van der Waals surface area contributed by atoms with Gasteiger partial charge in [0.1, 0.15) is 0 Å². The molecule has 0 aliphatic carbocycles. The number of fused-ring (bicyclic) bond motifs is 1. The molecule has 2 heterocycles. The first-order chi connectivity index (χ1) is 12.1. The molecule has 4 rings (SSSR count). The smallest absolute Gasteiger partial charge is 0.314 e. The van der Waals surface area contributed by atoms with Crippen LogP contribution in [0.15, 0.2) is 76.4 Å². The molecule has 0 unspecified atom stereocenters. The van der Waals surface area contributed by atoms with Crippen LogP contribution in [0.2, 0.25) is 0 Å². The van der Waals surface area contributed by atoms with Crippen molar-refractivity contribution >= 4 is 10.9 Å². The number of hydrogen-bond acceptors (Lipinski definition) is 2. The minimum atomic E-state index is -0.331. The average molecular weight is 331 g/mol. The van der Waals surface area contributed by atoms with Crippen LogP contribution in [-0.2, 0) is 14.1 Å². The third kappa shape index (κ3) is 2.24. The van der Waals surface area contributed by atoms with Crippen LogP contribution in [0.1, 0.15) is 0 Å². The van der Waals surface area contributed by atoms with Crippen LogP contribution in [0.4, 0.5) is 0 Å². The van der Waals surface area contributed by atoms with Crippen LogP contribution in [-0.4, -0.2) is 13.7 Å². The van der Waals surface area contributed by atoms with E-state index in [2.05, 4.69) is 0 Å². The summed E-state index contributed by atoms with van der Waals surface area (Å²) >= 11 is 0. The fourth-order valence-electron chi connectivity index (χ4n) is 3.21. The fraction of sp³-hybridized carbons (Fsp3) is 0.100. The number of hydrogen-bond donors (Lipinski definition) is 0. The molecule has 0 radical (unpaired) electrons. The van der Waals surface area contributed by atoms with Gasteiger partial charge in [0.2, 0.25) is 0 Å². The molecule has 5 heteroatoms. The van der Waals surface area contributed by atoms with Gasteiger partial charge in [-0.3, -0.25) is 13.9 Å². The Hall–Kier alpha value is -3.34. The third-order valence-electron chi connectivity index (χ3n) is 4.52. The summed E-state index contributed by atoms with van der Waals surface area (Å²) in [4.78, 5) is 25.2. The Morgan fingerprint density at radius 1 is 0.760 bits per heavy atom. The highest BCUT2D eigenvalue weighted by atomic mass is 16.2. The van der Waals surface area contributed by atoms with Crippen molar-refractivity contribution in [2.24, 2.45) is 14.1 Å². The Balaban J connectivity index is 2.23. The molecule has 0 aliphatic rings. The van der Waals surface area contributed by atoms with Crippen LogP contribution in [0.5, 0.6) is 0 Å². The molecule has 25 heavy (non-hydrogen) atoms. The van der Waals surface area contributed by atoms with Gasteiger partial charge in [0, 0.05) is 26.0 Å². The van der Waals surface area contributed by atoms with Crippen molar-refractivity contribution in [3.05, 3.63) is 87.7 Å². The topological polar surface area (TPSA) is 48.9 Å². The third-order valence-corrected chi connectivity index (χ3v) is 4.52. The van der Waals surface area contributed by atoms with Gasteiger partial charge >= 0.3 is 5.69 Å². The predicted octanol–water partition coefficient (Wildman–Crippen LogP) is 2.69. The lowest BCUT2D eigenvalue weighted by molar-refractivity contribution is 0.714. The number of aryl methyl sites for hydroxylation is 1. The largest absolute Gasteiger partial charge is 0.330 e. The zero-order valence-corrected chi connectivity index (χ0v) is 14.0. The standard InChI is InChI=1S/C20H17N3O2/c1-21-16-13-23(15-11-7-4-8-12-15)18(14-9-5-3-6-10-14)17(16)19(24)22(2)20(21)25/h3-13H,1-2H3. The molecule has 0 spiro atoms. The van der Waals surface area contributed by atoms with Crippen molar-refractivity contribution in [3.8, 4) is 16.9 Å². The highest BCUT2D eigenvalue weighted by Gasteiger charge is 2.19. The molecule has 0 bridgehead atoms. The molecule has 2 aromatic carbocycles. The molecular weight excluding hydrogens is 314 g/mol. The number of benzene rings is 2. The van der Waals surface area contributed by atoms with Gasteiger partial charge in [0.05, 0.1) is 16.6 Å². The first-order valence-electron chi connectivity index (χ1n) is 8.01. The summed E-state index contributed by atoms with van der Waals surface area (Å²) in [5.74, 6) is 0. The SMILES string of the molecule is Cn1c(=O)c2c(-c3ccccc3)n(-c3ccccc3)cc2n(C)c1=O. The summed E-state index contributed by atoms with van der Waals surface area (Å²) in [7, 11) is 3.20. The molecule has 0 amide bonds. The molecule has 0 atom stereocenters. The second-order valence-electron chi connectivity index (χ2n) is 6.02. The first kappa shape index (κ1) is 15.2. The normalized spacial score (nSPS) is 11.1. The van der Waals surface area contributed by atoms with Gasteiger partial charge in [-0.1, -0.05) is 48.5 Å². The highest BCUT2D eigenvalue weighted by Crippen LogP contribution is 2.30. The van der Waals surface area contributed by atoms with E-state index in [1.165, 1.54) is 11.6 Å². The van der Waals surface area contributed by atoms with E-state index in [0.717, 1.165) is 21.5 Å². The molecule has 0 fully saturated rings. The minimum Gasteiger partial charge on any atom is -0.314 e. The number of para-hydroxylation sites is 1. The predicted molar refractivity (Wildman–Crippen MR) is 99.2 cm³/mol. The van der Waals surface area contributed by atoms with E-state index in [-0.39, 0.29) is 11.2 Å². The van der Waals surface area contributed by atoms with Crippen molar-refractivity contribution in [2.45, 2.75) is 0 Å². The summed E-state index contributed by atoms with van der Waals surface area (Å²) in [5, 5.41) is 0.541. The van der Waals surface area contributed by atoms with Crippen LogP contribution in [0.3, 0.4) is 0 Å². The van der Waals surface area contributed by atoms with Crippen molar-refractivity contribution < 1.29 is 0 Å². The summed E-state index contributed by atoms with van der Waals surface area (Å²) in [6.07, 6.45) is 1.86. The minimum absolute atomic E-state index is 0.286. The maximum Gasteiger partial charge on any atom is 0.330 e. The van der Waals surface area contributed by atoms with Gasteiger partial charge < -0.3 is 4.57 Å². The Morgan fingerprint density at radius 2 is 1.36 bits per heavy atom. The van der Waals surface area contributed by atoms with Crippen molar-refractivity contribution in [1.29, 1.82) is 0 Å². The number of rotatable bonds is 2. The zero-order chi connectivity index (χ0) is 17.6. The Labute approximate surface area is 144 Å². The van der Waals surface area contributed by atoms with E-state index in [1.54, 1.807) is 7.05 Å². The monoisotopic (exact) mass is 331 g/mol. The lowest BCUT2D eigenvalue weighted by atomic mass is 10.1. The lowest BCUT2D eigenvalue weighted by Crippen LogP contribution is -2.36. The highest BCUT2D eigenvalue weighted by molar-refractivity contribution is 5.94. The summed E-state index contributed by atoms with van der Waals surface area (Å²) in [5.41, 5.74) is 2.66. The second-order valence-corrected chi connectivity index (χ2v) is 6.02. The first-order valence-corrected chi connectivity index (χ1v) is 8.01. The number of nitrogens with zero attached hydrogens (tertiary/aromatic N) is 3. The molecular formula is C20H17N3O2. The fourth-order valence-corrected chi connectivity index (χ4v) is 3.21. The van der Waals surface area contributed by atoms with Crippen LogP contribution >= 0.6 is 0 Å². The van der Waals surface area contributed by atoms with Crippen molar-refractivity contribution in [2.75, 3.05) is 0 Å². The van der Waals surface area contributed by atoms with Crippen LogP contribution in [0.25, 0.3) is 27.8 Å². The maximum absolute atomic E-state index is 12.9. The van der Waals surface area contributed by atoms with Crippen molar-refractivity contribution in [3.63, 3.8) is 0 Å². The van der Waals surface area contributed by atoms with E-state index in [1.807, 2.05) is 71.4 Å². The van der Waals surface area contributed by atoms with Gasteiger partial charge in [0.15, 0.2) is 0 Å². The molecule has 5 nitrogen and oxygen atoms in total. The summed E-state index contributed by atoms with van der Waals surface area (Å²) < 4.78 is 4.65. The zero-order valence-electron chi connectivity index (χ0n) is 14.0. The molecule has 0 saturated carbocycles. The van der Waals surface area contributed by atoms with E-state index >= 15 is 0 Å². The quantitative estimate of drug-likeness (QED) is 0.567. The average Bonchev–Trinajstić information content (AvgIpc) is 3.07. The van der Waals surface area contributed by atoms with E-state index in [0.29, 0.717) is 10.9 Å². The van der Waals surface area contributed by atoms with Gasteiger partial charge in [0.25, 0.3) is 5.56 Å². The Bertz CT molecular complexity index is 1180. The lowest BCUT2D eigenvalue weighted by Gasteiger charge is -2.10. The van der Waals surface area contributed by atoms with Gasteiger partial charge in [-0.05, 0) is 17.7 Å². The second kappa shape index (κ2) is 5.63. The van der Waals surface area contributed by atoms with Gasteiger partial charge in [-0.25, -0.2) is 4.79 Å². The van der Waals surface area contributed by atoms with Gasteiger partial charge in [-0.15, -0.1) is 0 Å². The Kier molecular flexibility index (Phi) is 3.42. The number of aromatic nitrogens is 3. The van der Waals surface area contributed by atoms with Crippen LogP contribution in [0, 0.1) is 0 Å². The Morgan fingerprint density at radius 3 is 2.00 bits per heavy atom. The molecule has 2 aromatic heterocycles. The maximum atomic E-state index is 12.9. The summed E-state index contributed by atoms with van der Waals surface area (Å²) in [6, 6.07) is 19.6. The molecule has 0 saturated heterocycles. The van der Waals surface area contributed by atoms with E-state index in [4.69, 9.17) is 0 Å². The molecule has 0 aliphatic heterocycles. The van der Waals surface area contributed by atoms with E-state index < -0.39 is 0 Å².